The minimum absolute atomic E-state index is 0.115. The molecule has 0 saturated carbocycles. The number of benzene rings is 3. The number of ketones is 1. The first kappa shape index (κ1) is 28.6. The van der Waals surface area contributed by atoms with Crippen LogP contribution in [0.2, 0.25) is 0 Å². The van der Waals surface area contributed by atoms with Crippen molar-refractivity contribution in [3.63, 3.8) is 0 Å². The lowest BCUT2D eigenvalue weighted by Gasteiger charge is -2.24. The molecule has 11 heteroatoms. The Labute approximate surface area is 246 Å². The Morgan fingerprint density at radius 1 is 0.929 bits per heavy atom. The molecule has 2 heterocycles. The number of ether oxygens (including phenoxy) is 4. The number of hydrogen-bond donors (Lipinski definition) is 1. The number of rotatable bonds is 9. The summed E-state index contributed by atoms with van der Waals surface area (Å²) in [6, 6.07) is 16.9. The van der Waals surface area contributed by atoms with Gasteiger partial charge in [0.25, 0.3) is 5.78 Å². The highest BCUT2D eigenvalue weighted by molar-refractivity contribution is 7.15. The number of carbonyl (C=O) groups excluding carboxylic acids is 2. The Morgan fingerprint density at radius 2 is 1.62 bits per heavy atom. The molecule has 42 heavy (non-hydrogen) atoms. The minimum Gasteiger partial charge on any atom is -0.507 e. The molecule has 1 N–H and O–H groups in total. The number of Topliss-reactive ketones (excluding diaryl/α,β-unsaturated/α-hetero) is 1. The van der Waals surface area contributed by atoms with Crippen molar-refractivity contribution in [2.75, 3.05) is 26.2 Å². The molecular formula is C31H29N3O7S. The number of amides is 1. The van der Waals surface area contributed by atoms with Gasteiger partial charge in [0.2, 0.25) is 10.9 Å². The molecule has 4 aromatic rings. The molecule has 0 aliphatic carbocycles. The third-order valence-corrected chi connectivity index (χ3v) is 7.62. The molecule has 1 atom stereocenters. The van der Waals surface area contributed by atoms with Crippen molar-refractivity contribution in [2.45, 2.75) is 26.5 Å². The van der Waals surface area contributed by atoms with Crippen LogP contribution in [0.4, 0.5) is 5.13 Å². The van der Waals surface area contributed by atoms with E-state index in [4.69, 9.17) is 18.9 Å². The topological polar surface area (TPSA) is 120 Å². The van der Waals surface area contributed by atoms with Crippen LogP contribution in [0.25, 0.3) is 5.76 Å². The fourth-order valence-corrected chi connectivity index (χ4v) is 5.54. The highest BCUT2D eigenvalue weighted by Crippen LogP contribution is 2.47. The van der Waals surface area contributed by atoms with Gasteiger partial charge in [-0.15, -0.1) is 10.2 Å². The van der Waals surface area contributed by atoms with Crippen molar-refractivity contribution < 1.29 is 33.6 Å². The average molecular weight is 588 g/mol. The number of nitrogens with zero attached hydrogens (tertiary/aromatic N) is 3. The zero-order valence-electron chi connectivity index (χ0n) is 23.7. The number of carbonyl (C=O) groups is 2. The van der Waals surface area contributed by atoms with E-state index in [1.807, 2.05) is 31.2 Å². The molecule has 216 valence electrons. The first-order valence-electron chi connectivity index (χ1n) is 13.0. The summed E-state index contributed by atoms with van der Waals surface area (Å²) in [5.74, 6) is -0.487. The van der Waals surface area contributed by atoms with Crippen molar-refractivity contribution in [1.29, 1.82) is 0 Å². The summed E-state index contributed by atoms with van der Waals surface area (Å²) < 4.78 is 22.4. The van der Waals surface area contributed by atoms with Gasteiger partial charge in [0.1, 0.15) is 23.1 Å². The van der Waals surface area contributed by atoms with Crippen LogP contribution in [-0.4, -0.2) is 48.3 Å². The van der Waals surface area contributed by atoms with E-state index in [1.54, 1.807) is 43.3 Å². The highest BCUT2D eigenvalue weighted by atomic mass is 32.1. The van der Waals surface area contributed by atoms with E-state index >= 15 is 0 Å². The fraction of sp³-hybridized carbons (Fsp3) is 0.226. The Bertz CT molecular complexity index is 1660. The molecule has 1 fully saturated rings. The van der Waals surface area contributed by atoms with E-state index in [0.29, 0.717) is 45.7 Å². The van der Waals surface area contributed by atoms with E-state index in [0.717, 1.165) is 22.5 Å². The first-order valence-corrected chi connectivity index (χ1v) is 13.8. The lowest BCUT2D eigenvalue weighted by Crippen LogP contribution is -2.29. The molecule has 1 saturated heterocycles. The second-order valence-corrected chi connectivity index (χ2v) is 10.7. The van der Waals surface area contributed by atoms with Crippen LogP contribution in [0.3, 0.4) is 0 Å². The van der Waals surface area contributed by atoms with Crippen LogP contribution >= 0.6 is 11.3 Å². The van der Waals surface area contributed by atoms with Crippen molar-refractivity contribution >= 4 is 33.9 Å². The van der Waals surface area contributed by atoms with Gasteiger partial charge in [-0.25, -0.2) is 0 Å². The smallest absolute Gasteiger partial charge is 0.301 e. The molecule has 1 amide bonds. The molecule has 10 nitrogen and oxygen atoms in total. The molecule has 5 rings (SSSR count). The second kappa shape index (κ2) is 11.9. The molecule has 1 aliphatic heterocycles. The maximum absolute atomic E-state index is 13.5. The number of methoxy groups -OCH3 is 3. The van der Waals surface area contributed by atoms with Gasteiger partial charge in [0, 0.05) is 5.56 Å². The summed E-state index contributed by atoms with van der Waals surface area (Å²) >= 11 is 1.16. The Kier molecular flexibility index (Phi) is 8.12. The van der Waals surface area contributed by atoms with Crippen LogP contribution in [0.1, 0.15) is 33.3 Å². The minimum atomic E-state index is -1.05. The van der Waals surface area contributed by atoms with Crippen molar-refractivity contribution in [3.8, 4) is 23.0 Å². The summed E-state index contributed by atoms with van der Waals surface area (Å²) in [5.41, 5.74) is 2.83. The molecule has 3 aromatic carbocycles. The summed E-state index contributed by atoms with van der Waals surface area (Å²) in [5, 5.41) is 20.5. The lowest BCUT2D eigenvalue weighted by molar-refractivity contribution is -0.132. The molecule has 0 radical (unpaired) electrons. The Balaban J connectivity index is 1.57. The van der Waals surface area contributed by atoms with Gasteiger partial charge in [0.05, 0.1) is 32.9 Å². The molecule has 0 bridgehead atoms. The van der Waals surface area contributed by atoms with Gasteiger partial charge in [-0.2, -0.15) is 0 Å². The van der Waals surface area contributed by atoms with Crippen molar-refractivity contribution in [1.82, 2.24) is 10.2 Å². The molecule has 1 aromatic heterocycles. The van der Waals surface area contributed by atoms with Gasteiger partial charge in [-0.1, -0.05) is 41.2 Å². The van der Waals surface area contributed by atoms with Gasteiger partial charge in [0.15, 0.2) is 11.5 Å². The van der Waals surface area contributed by atoms with Crippen LogP contribution in [0.5, 0.6) is 23.0 Å². The Morgan fingerprint density at radius 3 is 2.19 bits per heavy atom. The average Bonchev–Trinajstić information content (AvgIpc) is 3.54. The molecule has 1 aliphatic rings. The maximum atomic E-state index is 13.5. The normalized spacial score (nSPS) is 16.0. The number of anilines is 1. The zero-order chi connectivity index (χ0) is 30.0. The summed E-state index contributed by atoms with van der Waals surface area (Å²) in [7, 11) is 4.41. The van der Waals surface area contributed by atoms with E-state index < -0.39 is 17.7 Å². The summed E-state index contributed by atoms with van der Waals surface area (Å²) in [4.78, 5) is 28.2. The third kappa shape index (κ3) is 5.38. The van der Waals surface area contributed by atoms with E-state index in [9.17, 15) is 14.7 Å². The first-order chi connectivity index (χ1) is 20.2. The Hall–Kier alpha value is -4.90. The lowest BCUT2D eigenvalue weighted by atomic mass is 9.94. The number of aliphatic hydroxyl groups is 1. The van der Waals surface area contributed by atoms with Gasteiger partial charge in [-0.05, 0) is 61.4 Å². The number of aryl methyl sites for hydroxylation is 2. The van der Waals surface area contributed by atoms with Gasteiger partial charge < -0.3 is 24.1 Å². The van der Waals surface area contributed by atoms with Crippen LogP contribution < -0.4 is 23.8 Å². The van der Waals surface area contributed by atoms with Crippen molar-refractivity contribution in [2.24, 2.45) is 0 Å². The van der Waals surface area contributed by atoms with E-state index in [2.05, 4.69) is 10.2 Å². The molecule has 1 unspecified atom stereocenters. The number of hydrogen-bond acceptors (Lipinski definition) is 10. The van der Waals surface area contributed by atoms with Crippen LogP contribution in [0, 0.1) is 13.8 Å². The second-order valence-electron chi connectivity index (χ2n) is 9.53. The largest absolute Gasteiger partial charge is 0.507 e. The number of aliphatic hydroxyl groups excluding tert-OH is 1. The predicted molar refractivity (Wildman–Crippen MR) is 157 cm³/mol. The maximum Gasteiger partial charge on any atom is 0.301 e. The monoisotopic (exact) mass is 587 g/mol. The fourth-order valence-electron chi connectivity index (χ4n) is 4.82. The third-order valence-electron chi connectivity index (χ3n) is 6.78. The summed E-state index contributed by atoms with van der Waals surface area (Å²) in [6.45, 7) is 4.14. The van der Waals surface area contributed by atoms with Crippen molar-refractivity contribution in [3.05, 3.63) is 93.5 Å². The number of aromatic nitrogens is 2. The van der Waals surface area contributed by atoms with Crippen LogP contribution in [-0.2, 0) is 16.2 Å². The van der Waals surface area contributed by atoms with E-state index in [-0.39, 0.29) is 16.5 Å². The standard InChI is InChI=1S/C31H29N3O7S/c1-17-7-6-8-19(13-17)16-41-22-11-9-20(10-12-22)27(35)25-26(21-14-23(38-3)29(40-5)24(15-21)39-4)34(30(37)28(25)36)31-33-32-18(2)42-31/h6-15,26,35H,16H2,1-5H3/b27-25+. The van der Waals surface area contributed by atoms with E-state index in [1.165, 1.54) is 26.2 Å². The SMILES string of the molecule is COc1cc(C2/C(=C(\O)c3ccc(OCc4cccc(C)c4)cc3)C(=O)C(=O)N2c2nnc(C)s2)cc(OC)c1OC. The summed E-state index contributed by atoms with van der Waals surface area (Å²) in [6.07, 6.45) is 0. The molecular weight excluding hydrogens is 558 g/mol. The quantitative estimate of drug-likeness (QED) is 0.156. The zero-order valence-corrected chi connectivity index (χ0v) is 24.5. The molecule has 0 spiro atoms. The van der Waals surface area contributed by atoms with Crippen LogP contribution in [0.15, 0.2) is 66.2 Å². The van der Waals surface area contributed by atoms with Gasteiger partial charge >= 0.3 is 5.91 Å². The van der Waals surface area contributed by atoms with Gasteiger partial charge in [-0.3, -0.25) is 14.5 Å². The highest BCUT2D eigenvalue weighted by Gasteiger charge is 2.48. The predicted octanol–water partition coefficient (Wildman–Crippen LogP) is 5.39.